The molecule has 2 atom stereocenters. The summed E-state index contributed by atoms with van der Waals surface area (Å²) in [5.41, 5.74) is 1.25. The number of rotatable bonds is 4. The summed E-state index contributed by atoms with van der Waals surface area (Å²) in [7, 11) is 0. The minimum Gasteiger partial charge on any atom is -0.490 e. The molecule has 0 aliphatic carbocycles. The average Bonchev–Trinajstić information content (AvgIpc) is 3.12. The molecule has 0 amide bonds. The summed E-state index contributed by atoms with van der Waals surface area (Å²) in [6, 6.07) is 12.5. The topological polar surface area (TPSA) is 21.7 Å². The first kappa shape index (κ1) is 16.5. The molecule has 1 saturated heterocycles. The fourth-order valence-corrected chi connectivity index (χ4v) is 3.51. The predicted octanol–water partition coefficient (Wildman–Crippen LogP) is 4.63. The van der Waals surface area contributed by atoms with Gasteiger partial charge in [0.05, 0.1) is 0 Å². The van der Waals surface area contributed by atoms with Gasteiger partial charge in [-0.3, -0.25) is 4.90 Å². The van der Waals surface area contributed by atoms with E-state index in [0.29, 0.717) is 6.61 Å². The van der Waals surface area contributed by atoms with Crippen LogP contribution >= 0.6 is 11.3 Å². The van der Waals surface area contributed by atoms with E-state index in [1.54, 1.807) is 11.3 Å². The smallest absolute Gasteiger partial charge is 0.137 e. The van der Waals surface area contributed by atoms with Crippen molar-refractivity contribution in [2.24, 2.45) is 0 Å². The molecule has 4 heteroatoms. The van der Waals surface area contributed by atoms with Crippen molar-refractivity contribution in [3.8, 4) is 5.75 Å². The Morgan fingerprint density at radius 2 is 2.00 bits per heavy atom. The second kappa shape index (κ2) is 6.63. The summed E-state index contributed by atoms with van der Waals surface area (Å²) >= 11 is 1.71. The molecule has 2 heterocycles. The summed E-state index contributed by atoms with van der Waals surface area (Å²) in [6.45, 7) is 10.3. The van der Waals surface area contributed by atoms with Crippen molar-refractivity contribution in [3.05, 3.63) is 52.2 Å². The SMILES string of the molecule is Cc1cc(OCC2CN(C(C)(C)C)[C@@H](c3ccccc3)O2)cs1. The molecule has 124 valence electrons. The standard InChI is InChI=1S/C19H25NO2S/c1-14-10-16(13-23-14)21-12-17-11-20(19(2,3)4)18(22-17)15-8-6-5-7-9-15/h5-10,13,17-18H,11-12H2,1-4H3/t17?,18-/m1/s1. The van der Waals surface area contributed by atoms with E-state index in [9.17, 15) is 0 Å². The molecular formula is C19H25NO2S. The first-order valence-electron chi connectivity index (χ1n) is 8.08. The van der Waals surface area contributed by atoms with Crippen LogP contribution < -0.4 is 4.74 Å². The molecule has 0 bridgehead atoms. The third kappa shape index (κ3) is 3.94. The molecule has 3 nitrogen and oxygen atoms in total. The second-order valence-electron chi connectivity index (χ2n) is 7.05. The highest BCUT2D eigenvalue weighted by molar-refractivity contribution is 7.10. The second-order valence-corrected chi connectivity index (χ2v) is 8.16. The zero-order chi connectivity index (χ0) is 16.4. The molecule has 3 rings (SSSR count). The van der Waals surface area contributed by atoms with Gasteiger partial charge in [0, 0.05) is 22.3 Å². The molecule has 1 fully saturated rings. The van der Waals surface area contributed by atoms with Gasteiger partial charge in [-0.2, -0.15) is 0 Å². The molecule has 1 aromatic heterocycles. The van der Waals surface area contributed by atoms with Crippen LogP contribution in [0, 0.1) is 6.92 Å². The molecule has 23 heavy (non-hydrogen) atoms. The molecule has 0 radical (unpaired) electrons. The number of ether oxygens (including phenoxy) is 2. The maximum absolute atomic E-state index is 6.32. The Hall–Kier alpha value is -1.36. The van der Waals surface area contributed by atoms with Crippen LogP contribution in [0.2, 0.25) is 0 Å². The summed E-state index contributed by atoms with van der Waals surface area (Å²) in [6.07, 6.45) is 0.0775. The summed E-state index contributed by atoms with van der Waals surface area (Å²) in [4.78, 5) is 3.68. The minimum absolute atomic E-state index is 0.00555. The Balaban J connectivity index is 1.70. The van der Waals surface area contributed by atoms with Gasteiger partial charge < -0.3 is 9.47 Å². The number of nitrogens with zero attached hydrogens (tertiary/aromatic N) is 1. The Morgan fingerprint density at radius 3 is 2.61 bits per heavy atom. The van der Waals surface area contributed by atoms with Crippen LogP contribution in [0.3, 0.4) is 0 Å². The Labute approximate surface area is 142 Å². The van der Waals surface area contributed by atoms with Crippen molar-refractivity contribution in [1.82, 2.24) is 4.90 Å². The molecule has 1 unspecified atom stereocenters. The Morgan fingerprint density at radius 1 is 1.26 bits per heavy atom. The van der Waals surface area contributed by atoms with Crippen LogP contribution in [-0.2, 0) is 4.74 Å². The summed E-state index contributed by atoms with van der Waals surface area (Å²) in [5, 5.41) is 2.06. The third-order valence-electron chi connectivity index (χ3n) is 4.09. The number of thiophene rings is 1. The number of benzene rings is 1. The van der Waals surface area contributed by atoms with Crippen molar-refractivity contribution >= 4 is 11.3 Å². The van der Waals surface area contributed by atoms with E-state index >= 15 is 0 Å². The first-order chi connectivity index (χ1) is 10.9. The summed E-state index contributed by atoms with van der Waals surface area (Å²) < 4.78 is 12.2. The van der Waals surface area contributed by atoms with Crippen molar-refractivity contribution in [2.45, 2.75) is 45.6 Å². The normalized spacial score (nSPS) is 22.4. The maximum Gasteiger partial charge on any atom is 0.137 e. The van der Waals surface area contributed by atoms with Gasteiger partial charge in [-0.15, -0.1) is 11.3 Å². The van der Waals surface area contributed by atoms with Gasteiger partial charge >= 0.3 is 0 Å². The van der Waals surface area contributed by atoms with Crippen molar-refractivity contribution < 1.29 is 9.47 Å². The van der Waals surface area contributed by atoms with Crippen LogP contribution in [-0.4, -0.2) is 29.7 Å². The van der Waals surface area contributed by atoms with E-state index in [2.05, 4.69) is 68.3 Å². The van der Waals surface area contributed by atoms with Crippen LogP contribution in [0.4, 0.5) is 0 Å². The first-order valence-corrected chi connectivity index (χ1v) is 8.96. The predicted molar refractivity (Wildman–Crippen MR) is 95.1 cm³/mol. The molecule has 0 N–H and O–H groups in total. The number of hydrogen-bond donors (Lipinski definition) is 0. The van der Waals surface area contributed by atoms with E-state index in [1.165, 1.54) is 10.4 Å². The van der Waals surface area contributed by atoms with Gasteiger partial charge in [-0.25, -0.2) is 0 Å². The minimum atomic E-state index is -0.00555. The van der Waals surface area contributed by atoms with Crippen LogP contribution in [0.15, 0.2) is 41.8 Å². The highest BCUT2D eigenvalue weighted by atomic mass is 32.1. The summed E-state index contributed by atoms with van der Waals surface area (Å²) in [5.74, 6) is 0.946. The molecule has 0 spiro atoms. The van der Waals surface area contributed by atoms with E-state index in [0.717, 1.165) is 12.3 Å². The highest BCUT2D eigenvalue weighted by Gasteiger charge is 2.40. The molecule has 1 aliphatic rings. The van der Waals surface area contributed by atoms with Crippen molar-refractivity contribution in [1.29, 1.82) is 0 Å². The van der Waals surface area contributed by atoms with Gasteiger partial charge in [0.2, 0.25) is 0 Å². The van der Waals surface area contributed by atoms with Crippen LogP contribution in [0.25, 0.3) is 0 Å². The van der Waals surface area contributed by atoms with Crippen molar-refractivity contribution in [3.63, 3.8) is 0 Å². The fraction of sp³-hybridized carbons (Fsp3) is 0.474. The van der Waals surface area contributed by atoms with Gasteiger partial charge in [0.15, 0.2) is 0 Å². The quantitative estimate of drug-likeness (QED) is 0.815. The van der Waals surface area contributed by atoms with Gasteiger partial charge in [-0.1, -0.05) is 30.3 Å². The third-order valence-corrected chi connectivity index (χ3v) is 4.93. The van der Waals surface area contributed by atoms with Gasteiger partial charge in [0.1, 0.15) is 24.7 Å². The molecule has 1 aliphatic heterocycles. The largest absolute Gasteiger partial charge is 0.490 e. The lowest BCUT2D eigenvalue weighted by Crippen LogP contribution is -2.42. The van der Waals surface area contributed by atoms with E-state index in [-0.39, 0.29) is 17.9 Å². The maximum atomic E-state index is 6.32. The molecular weight excluding hydrogens is 306 g/mol. The van der Waals surface area contributed by atoms with Crippen LogP contribution in [0.1, 0.15) is 37.4 Å². The molecule has 2 aromatic rings. The Kier molecular flexibility index (Phi) is 4.76. The van der Waals surface area contributed by atoms with Gasteiger partial charge in [-0.05, 0) is 39.3 Å². The van der Waals surface area contributed by atoms with Crippen molar-refractivity contribution in [2.75, 3.05) is 13.2 Å². The fourth-order valence-electron chi connectivity index (χ4n) is 2.89. The molecule has 0 saturated carbocycles. The average molecular weight is 331 g/mol. The lowest BCUT2D eigenvalue weighted by atomic mass is 10.0. The monoisotopic (exact) mass is 331 g/mol. The number of hydrogen-bond acceptors (Lipinski definition) is 4. The van der Waals surface area contributed by atoms with E-state index < -0.39 is 0 Å². The lowest BCUT2D eigenvalue weighted by Gasteiger charge is -2.35. The highest BCUT2D eigenvalue weighted by Crippen LogP contribution is 2.36. The van der Waals surface area contributed by atoms with Gasteiger partial charge in [0.25, 0.3) is 0 Å². The van der Waals surface area contributed by atoms with E-state index in [1.807, 2.05) is 6.07 Å². The zero-order valence-corrected chi connectivity index (χ0v) is 15.1. The molecule has 1 aromatic carbocycles. The van der Waals surface area contributed by atoms with E-state index in [4.69, 9.17) is 9.47 Å². The lowest BCUT2D eigenvalue weighted by molar-refractivity contribution is -0.0398. The van der Waals surface area contributed by atoms with Crippen LogP contribution in [0.5, 0.6) is 5.75 Å². The zero-order valence-electron chi connectivity index (χ0n) is 14.3. The number of aryl methyl sites for hydroxylation is 1. The Bertz CT molecular complexity index is 632.